The summed E-state index contributed by atoms with van der Waals surface area (Å²) in [7, 11) is 1.65. The van der Waals surface area contributed by atoms with Crippen LogP contribution in [0.5, 0.6) is 6.01 Å². The molecule has 0 spiro atoms. The zero-order chi connectivity index (χ0) is 10.6. The Morgan fingerprint density at radius 2 is 1.93 bits per heavy atom. The maximum atomic E-state index is 11.7. The Bertz CT molecular complexity index is 285. The van der Waals surface area contributed by atoms with Crippen LogP contribution >= 0.6 is 0 Å². The second-order valence-corrected chi connectivity index (χ2v) is 2.41. The Morgan fingerprint density at radius 3 is 2.36 bits per heavy atom. The van der Waals surface area contributed by atoms with E-state index < -0.39 is 12.8 Å². The van der Waals surface area contributed by atoms with Crippen molar-refractivity contribution in [2.75, 3.05) is 19.0 Å². The van der Waals surface area contributed by atoms with E-state index in [-0.39, 0.29) is 6.01 Å². The van der Waals surface area contributed by atoms with E-state index in [9.17, 15) is 13.2 Å². The molecule has 7 heteroatoms. The lowest BCUT2D eigenvalue weighted by molar-refractivity contribution is -0.154. The Labute approximate surface area is 78.1 Å². The minimum absolute atomic E-state index is 0.290. The third-order valence-corrected chi connectivity index (χ3v) is 1.28. The van der Waals surface area contributed by atoms with Crippen molar-refractivity contribution < 1.29 is 17.9 Å². The normalized spacial score (nSPS) is 11.1. The number of halogens is 3. The molecule has 1 aromatic rings. The summed E-state index contributed by atoms with van der Waals surface area (Å²) < 4.78 is 39.4. The lowest BCUT2D eigenvalue weighted by Gasteiger charge is -2.07. The molecule has 14 heavy (non-hydrogen) atoms. The maximum absolute atomic E-state index is 11.7. The van der Waals surface area contributed by atoms with Gasteiger partial charge in [0.2, 0.25) is 0 Å². The number of aromatic nitrogens is 2. The maximum Gasteiger partial charge on any atom is 0.422 e. The molecule has 0 aliphatic rings. The predicted octanol–water partition coefficient (Wildman–Crippen LogP) is 1.46. The summed E-state index contributed by atoms with van der Waals surface area (Å²) in [5.41, 5.74) is 0.601. The number of nitrogens with one attached hydrogen (secondary N) is 1. The SMILES string of the molecule is CNc1cnc(OCC(F)(F)F)nc1. The average molecular weight is 207 g/mol. The van der Waals surface area contributed by atoms with Gasteiger partial charge in [-0.15, -0.1) is 0 Å². The van der Waals surface area contributed by atoms with Gasteiger partial charge in [-0.25, -0.2) is 9.97 Å². The fourth-order valence-electron chi connectivity index (χ4n) is 0.666. The molecule has 0 aliphatic carbocycles. The van der Waals surface area contributed by atoms with Gasteiger partial charge in [-0.1, -0.05) is 0 Å². The van der Waals surface area contributed by atoms with Gasteiger partial charge in [-0.3, -0.25) is 0 Å². The third-order valence-electron chi connectivity index (χ3n) is 1.28. The van der Waals surface area contributed by atoms with E-state index >= 15 is 0 Å². The zero-order valence-corrected chi connectivity index (χ0v) is 7.30. The van der Waals surface area contributed by atoms with Crippen molar-refractivity contribution in [2.24, 2.45) is 0 Å². The highest BCUT2D eigenvalue weighted by molar-refractivity contribution is 5.36. The molecule has 0 atom stereocenters. The number of nitrogens with zero attached hydrogens (tertiary/aromatic N) is 2. The Kier molecular flexibility index (Phi) is 3.10. The largest absolute Gasteiger partial charge is 0.454 e. The van der Waals surface area contributed by atoms with Crippen LogP contribution in [0.1, 0.15) is 0 Å². The minimum Gasteiger partial charge on any atom is -0.454 e. The Morgan fingerprint density at radius 1 is 1.36 bits per heavy atom. The van der Waals surface area contributed by atoms with Crippen LogP contribution < -0.4 is 10.1 Å². The Balaban J connectivity index is 2.52. The predicted molar refractivity (Wildman–Crippen MR) is 43.1 cm³/mol. The number of rotatable bonds is 3. The summed E-state index contributed by atoms with van der Waals surface area (Å²) in [4.78, 5) is 7.11. The molecule has 78 valence electrons. The number of hydrogen-bond acceptors (Lipinski definition) is 4. The summed E-state index contributed by atoms with van der Waals surface area (Å²) in [6, 6.07) is -0.290. The fraction of sp³-hybridized carbons (Fsp3) is 0.429. The molecular formula is C7H8F3N3O. The number of hydrogen-bond donors (Lipinski definition) is 1. The lowest BCUT2D eigenvalue weighted by atomic mass is 10.5. The topological polar surface area (TPSA) is 47.0 Å². The van der Waals surface area contributed by atoms with Gasteiger partial charge in [-0.2, -0.15) is 13.2 Å². The molecular weight excluding hydrogens is 199 g/mol. The summed E-state index contributed by atoms with van der Waals surface area (Å²) >= 11 is 0. The summed E-state index contributed by atoms with van der Waals surface area (Å²) in [5, 5.41) is 2.72. The van der Waals surface area contributed by atoms with Crippen LogP contribution in [0.2, 0.25) is 0 Å². The van der Waals surface area contributed by atoms with E-state index in [4.69, 9.17) is 0 Å². The van der Waals surface area contributed by atoms with Gasteiger partial charge in [0, 0.05) is 7.05 Å². The Hall–Kier alpha value is -1.53. The molecule has 0 saturated heterocycles. The molecule has 0 aliphatic heterocycles. The van der Waals surface area contributed by atoms with E-state index in [1.807, 2.05) is 0 Å². The van der Waals surface area contributed by atoms with E-state index in [0.29, 0.717) is 5.69 Å². The van der Waals surface area contributed by atoms with E-state index in [2.05, 4.69) is 20.0 Å². The third kappa shape index (κ3) is 3.46. The first-order chi connectivity index (χ1) is 6.51. The van der Waals surface area contributed by atoms with Crippen molar-refractivity contribution in [2.45, 2.75) is 6.18 Å². The van der Waals surface area contributed by atoms with Crippen molar-refractivity contribution in [1.29, 1.82) is 0 Å². The molecule has 0 unspecified atom stereocenters. The minimum atomic E-state index is -4.37. The van der Waals surface area contributed by atoms with Crippen LogP contribution in [0, 0.1) is 0 Å². The number of anilines is 1. The molecule has 1 heterocycles. The van der Waals surface area contributed by atoms with Crippen LogP contribution in [0.3, 0.4) is 0 Å². The lowest BCUT2D eigenvalue weighted by Crippen LogP contribution is -2.20. The molecule has 1 rings (SSSR count). The van der Waals surface area contributed by atoms with Gasteiger partial charge in [0.25, 0.3) is 0 Å². The molecule has 1 N–H and O–H groups in total. The van der Waals surface area contributed by atoms with E-state index in [1.54, 1.807) is 7.05 Å². The molecule has 0 amide bonds. The number of ether oxygens (including phenoxy) is 1. The molecule has 0 aromatic carbocycles. The molecule has 1 aromatic heterocycles. The quantitative estimate of drug-likeness (QED) is 0.815. The highest BCUT2D eigenvalue weighted by atomic mass is 19.4. The molecule has 0 bridgehead atoms. The highest BCUT2D eigenvalue weighted by Crippen LogP contribution is 2.15. The average Bonchev–Trinajstić information content (AvgIpc) is 2.14. The van der Waals surface area contributed by atoms with Gasteiger partial charge >= 0.3 is 12.2 Å². The van der Waals surface area contributed by atoms with Gasteiger partial charge in [0.05, 0.1) is 18.1 Å². The van der Waals surface area contributed by atoms with E-state index in [0.717, 1.165) is 0 Å². The van der Waals surface area contributed by atoms with Gasteiger partial charge in [-0.05, 0) is 0 Å². The summed E-state index contributed by atoms with van der Waals surface area (Å²) in [5.74, 6) is 0. The first-order valence-electron chi connectivity index (χ1n) is 3.70. The standard InChI is InChI=1S/C7H8F3N3O/c1-11-5-2-12-6(13-3-5)14-4-7(8,9)10/h2-3,11H,4H2,1H3. The smallest absolute Gasteiger partial charge is 0.422 e. The van der Waals surface area contributed by atoms with Crippen molar-refractivity contribution >= 4 is 5.69 Å². The van der Waals surface area contributed by atoms with E-state index in [1.165, 1.54) is 12.4 Å². The van der Waals surface area contributed by atoms with Crippen LogP contribution in [0.4, 0.5) is 18.9 Å². The molecule has 0 radical (unpaired) electrons. The van der Waals surface area contributed by atoms with Gasteiger partial charge in [0.1, 0.15) is 0 Å². The van der Waals surface area contributed by atoms with Gasteiger partial charge in [0.15, 0.2) is 6.61 Å². The highest BCUT2D eigenvalue weighted by Gasteiger charge is 2.28. The monoisotopic (exact) mass is 207 g/mol. The molecule has 0 fully saturated rings. The summed E-state index contributed by atoms with van der Waals surface area (Å²) in [6.07, 6.45) is -1.71. The fourth-order valence-corrected chi connectivity index (χ4v) is 0.666. The first kappa shape index (κ1) is 10.6. The number of alkyl halides is 3. The second-order valence-electron chi connectivity index (χ2n) is 2.41. The van der Waals surface area contributed by atoms with Crippen molar-refractivity contribution in [3.63, 3.8) is 0 Å². The van der Waals surface area contributed by atoms with Crippen molar-refractivity contribution in [3.05, 3.63) is 12.4 Å². The van der Waals surface area contributed by atoms with Crippen LogP contribution in [-0.2, 0) is 0 Å². The van der Waals surface area contributed by atoms with Crippen LogP contribution in [0.25, 0.3) is 0 Å². The van der Waals surface area contributed by atoms with Crippen LogP contribution in [-0.4, -0.2) is 29.8 Å². The zero-order valence-electron chi connectivity index (χ0n) is 7.30. The van der Waals surface area contributed by atoms with Gasteiger partial charge < -0.3 is 10.1 Å². The molecule has 0 saturated carbocycles. The molecule has 4 nitrogen and oxygen atoms in total. The summed E-state index contributed by atoms with van der Waals surface area (Å²) in [6.45, 7) is -1.38. The second kappa shape index (κ2) is 4.12. The van der Waals surface area contributed by atoms with Crippen molar-refractivity contribution in [3.8, 4) is 6.01 Å². The first-order valence-corrected chi connectivity index (χ1v) is 3.70. The van der Waals surface area contributed by atoms with Crippen LogP contribution in [0.15, 0.2) is 12.4 Å². The van der Waals surface area contributed by atoms with Crippen molar-refractivity contribution in [1.82, 2.24) is 9.97 Å².